The van der Waals surface area contributed by atoms with Gasteiger partial charge in [0.2, 0.25) is 0 Å². The molecule has 11 nitrogen and oxygen atoms in total. The number of aliphatic hydroxyl groups excluding tert-OH is 1. The van der Waals surface area contributed by atoms with Gasteiger partial charge in [-0.1, -0.05) is 230 Å². The van der Waals surface area contributed by atoms with Crippen molar-refractivity contribution in [2.75, 3.05) is 26.4 Å². The molecule has 82 heavy (non-hydrogen) atoms. The maximum absolute atomic E-state index is 13.0. The van der Waals surface area contributed by atoms with E-state index in [4.69, 9.17) is 23.3 Å². The number of esters is 3. The predicted molar refractivity (Wildman–Crippen MR) is 343 cm³/mol. The Morgan fingerprint density at radius 3 is 1.05 bits per heavy atom. The summed E-state index contributed by atoms with van der Waals surface area (Å²) in [5.41, 5.74) is 0. The number of rotatable bonds is 56. The van der Waals surface area contributed by atoms with E-state index in [0.717, 1.165) is 135 Å². The molecule has 0 bridgehead atoms. The van der Waals surface area contributed by atoms with Crippen molar-refractivity contribution in [1.82, 2.24) is 0 Å². The van der Waals surface area contributed by atoms with E-state index in [1.807, 2.05) is 12.2 Å². The highest BCUT2D eigenvalue weighted by molar-refractivity contribution is 7.47. The zero-order chi connectivity index (χ0) is 59.8. The second kappa shape index (κ2) is 62.2. The lowest BCUT2D eigenvalue weighted by Gasteiger charge is -2.21. The van der Waals surface area contributed by atoms with Crippen LogP contribution >= 0.6 is 7.82 Å². The van der Waals surface area contributed by atoms with Crippen LogP contribution in [-0.4, -0.2) is 66.5 Å². The molecule has 2 N–H and O–H groups in total. The maximum atomic E-state index is 13.0. The highest BCUT2D eigenvalue weighted by Crippen LogP contribution is 2.43. The number of ether oxygens (including phenoxy) is 3. The zero-order valence-electron chi connectivity index (χ0n) is 51.1. The minimum atomic E-state index is -4.80. The first kappa shape index (κ1) is 77.1. The molecule has 0 radical (unpaired) electrons. The van der Waals surface area contributed by atoms with Gasteiger partial charge in [-0.15, -0.1) is 0 Å². The smallest absolute Gasteiger partial charge is 0.462 e. The van der Waals surface area contributed by atoms with E-state index in [2.05, 4.69) is 167 Å². The summed E-state index contributed by atoms with van der Waals surface area (Å²) in [4.78, 5) is 48.7. The topological polar surface area (TPSA) is 155 Å². The van der Waals surface area contributed by atoms with E-state index in [0.29, 0.717) is 25.7 Å². The minimum Gasteiger partial charge on any atom is -0.462 e. The maximum Gasteiger partial charge on any atom is 0.472 e. The third-order valence-corrected chi connectivity index (χ3v) is 13.4. The Morgan fingerprint density at radius 2 is 0.659 bits per heavy atom. The van der Waals surface area contributed by atoms with Crippen LogP contribution in [0.3, 0.4) is 0 Å². The first-order chi connectivity index (χ1) is 40.2. The normalized spacial score (nSPS) is 14.4. The molecule has 3 unspecified atom stereocenters. The van der Waals surface area contributed by atoms with Gasteiger partial charge in [-0.05, 0) is 135 Å². The molecule has 0 saturated heterocycles. The molecule has 0 aromatic heterocycles. The summed E-state index contributed by atoms with van der Waals surface area (Å²) in [6.45, 7) is 4.25. The number of phosphoric acid groups is 1. The molecule has 0 aromatic rings. The Bertz CT molecular complexity index is 1980. The van der Waals surface area contributed by atoms with Crippen molar-refractivity contribution >= 4 is 25.7 Å². The van der Waals surface area contributed by atoms with Crippen LogP contribution in [0.2, 0.25) is 0 Å². The molecular weight excluding hydrogens is 1050 g/mol. The van der Waals surface area contributed by atoms with Gasteiger partial charge >= 0.3 is 25.7 Å². The van der Waals surface area contributed by atoms with Gasteiger partial charge in [-0.2, -0.15) is 0 Å². The van der Waals surface area contributed by atoms with Crippen LogP contribution in [0.1, 0.15) is 226 Å². The SMILES string of the molecule is CC/C=C\C/C=C\C/C=C\C/C=C\C/C=C\C/C=C\CCC(=O)OC(COC(=O)CCCCCC/C=C\C/C=C\C/C=C\C/C=C\CC)COP(=O)(O)OCC(CO)OC(=O)CCCCCCCC/C=C\C/C=C\C/C=C\CCCCC. The van der Waals surface area contributed by atoms with Crippen LogP contribution < -0.4 is 0 Å². The molecule has 0 aromatic carbocycles. The Hall–Kier alpha value is -4.90. The van der Waals surface area contributed by atoms with Gasteiger partial charge in [0, 0.05) is 19.3 Å². The quantitative estimate of drug-likeness (QED) is 0.0197. The summed E-state index contributed by atoms with van der Waals surface area (Å²) in [7, 11) is -4.80. The Labute approximate surface area is 498 Å². The number of phosphoric ester groups is 1. The number of hydrogen-bond acceptors (Lipinski definition) is 10. The van der Waals surface area contributed by atoms with Crippen LogP contribution in [0.15, 0.2) is 158 Å². The predicted octanol–water partition coefficient (Wildman–Crippen LogP) is 19.3. The molecule has 0 aliphatic rings. The molecular formula is C70H111O11P. The lowest BCUT2D eigenvalue weighted by Crippen LogP contribution is -2.30. The summed E-state index contributed by atoms with van der Waals surface area (Å²) in [5.74, 6) is -1.63. The molecule has 0 amide bonds. The number of hydrogen-bond donors (Lipinski definition) is 2. The summed E-state index contributed by atoms with van der Waals surface area (Å²) in [6, 6.07) is 0. The Balaban J connectivity index is 4.87. The van der Waals surface area contributed by atoms with Gasteiger partial charge in [0.1, 0.15) is 12.7 Å². The van der Waals surface area contributed by atoms with Crippen LogP contribution in [0.5, 0.6) is 0 Å². The molecule has 0 aliphatic carbocycles. The monoisotopic (exact) mass is 1160 g/mol. The van der Waals surface area contributed by atoms with Gasteiger partial charge in [-0.3, -0.25) is 23.4 Å². The van der Waals surface area contributed by atoms with Crippen LogP contribution in [0.4, 0.5) is 0 Å². The fourth-order valence-corrected chi connectivity index (χ4v) is 8.52. The second-order valence-corrected chi connectivity index (χ2v) is 21.6. The molecule has 3 atom stereocenters. The van der Waals surface area contributed by atoms with E-state index < -0.39 is 57.8 Å². The number of allylic oxidation sites excluding steroid dienone is 26. The van der Waals surface area contributed by atoms with E-state index in [1.54, 1.807) is 0 Å². The van der Waals surface area contributed by atoms with Crippen molar-refractivity contribution in [2.24, 2.45) is 0 Å². The lowest BCUT2D eigenvalue weighted by molar-refractivity contribution is -0.161. The van der Waals surface area contributed by atoms with Crippen LogP contribution in [0, 0.1) is 0 Å². The minimum absolute atomic E-state index is 0.0265. The van der Waals surface area contributed by atoms with E-state index in [9.17, 15) is 28.9 Å². The molecule has 0 spiro atoms. The van der Waals surface area contributed by atoms with Gasteiger partial charge in [0.25, 0.3) is 0 Å². The second-order valence-electron chi connectivity index (χ2n) is 20.1. The van der Waals surface area contributed by atoms with Crippen LogP contribution in [0.25, 0.3) is 0 Å². The van der Waals surface area contributed by atoms with Gasteiger partial charge in [-0.25, -0.2) is 4.57 Å². The van der Waals surface area contributed by atoms with E-state index >= 15 is 0 Å². The highest BCUT2D eigenvalue weighted by Gasteiger charge is 2.28. The zero-order valence-corrected chi connectivity index (χ0v) is 52.0. The average Bonchev–Trinajstić information content (AvgIpc) is 3.50. The van der Waals surface area contributed by atoms with Gasteiger partial charge < -0.3 is 24.2 Å². The molecule has 0 fully saturated rings. The van der Waals surface area contributed by atoms with Crippen molar-refractivity contribution in [3.05, 3.63) is 158 Å². The summed E-state index contributed by atoms with van der Waals surface area (Å²) in [5, 5.41) is 9.85. The molecule has 12 heteroatoms. The Morgan fingerprint density at radius 1 is 0.354 bits per heavy atom. The van der Waals surface area contributed by atoms with Gasteiger partial charge in [0.15, 0.2) is 6.10 Å². The third kappa shape index (κ3) is 59.7. The van der Waals surface area contributed by atoms with E-state index in [-0.39, 0.29) is 25.9 Å². The lowest BCUT2D eigenvalue weighted by atomic mass is 10.1. The van der Waals surface area contributed by atoms with E-state index in [1.165, 1.54) is 25.7 Å². The number of carbonyl (C=O) groups excluding carboxylic acids is 3. The Kier molecular flexibility index (Phi) is 58.4. The molecule has 0 rings (SSSR count). The highest BCUT2D eigenvalue weighted by atomic mass is 31.2. The first-order valence-corrected chi connectivity index (χ1v) is 32.9. The van der Waals surface area contributed by atoms with Crippen molar-refractivity contribution in [1.29, 1.82) is 0 Å². The van der Waals surface area contributed by atoms with Crippen molar-refractivity contribution in [2.45, 2.75) is 238 Å². The van der Waals surface area contributed by atoms with Crippen molar-refractivity contribution in [3.8, 4) is 0 Å². The molecule has 462 valence electrons. The van der Waals surface area contributed by atoms with Crippen molar-refractivity contribution < 1.29 is 52.2 Å². The molecule has 0 saturated carbocycles. The standard InChI is InChI=1S/C70H111O11P/c1-4-7-10-13-16-19-22-25-28-31-33-36-39-42-45-48-51-54-57-60-69(73)80-66(62-71)64-78-82(75,76)79-65-67(63-77-68(72)59-56-53-50-47-44-41-38-35-30-27-24-21-18-15-12-9-6-3)81-70(74)61-58-55-52-49-46-43-40-37-34-32-29-26-23-20-17-14-11-8-5-2/h8-9,11-12,16-21,25-30,33-34,36-38,41,43,46,52,55,66-67,71H,4-7,10,13-15,22-24,31-32,35,39-40,42,44-45,47-51,53-54,56-65H2,1-3H3,(H,75,76)/b11-8-,12-9-,19-16-,20-17-,21-18-,28-25-,29-26-,30-27-,36-33-,37-34-,41-38-,46-43-,55-52-. The number of unbranched alkanes of at least 4 members (excludes halogenated alkanes) is 13. The first-order valence-electron chi connectivity index (χ1n) is 31.4. The average molecular weight is 1160 g/mol. The summed E-state index contributed by atoms with van der Waals surface area (Å²) < 4.78 is 39.5. The van der Waals surface area contributed by atoms with Crippen molar-refractivity contribution in [3.63, 3.8) is 0 Å². The number of aliphatic hydroxyl groups is 1. The largest absolute Gasteiger partial charge is 0.472 e. The summed E-state index contributed by atoms with van der Waals surface area (Å²) >= 11 is 0. The third-order valence-electron chi connectivity index (χ3n) is 12.4. The van der Waals surface area contributed by atoms with Crippen LogP contribution in [-0.2, 0) is 42.2 Å². The molecule has 0 heterocycles. The number of carbonyl (C=O) groups is 3. The molecule has 0 aliphatic heterocycles. The summed E-state index contributed by atoms with van der Waals surface area (Å²) in [6.07, 6.45) is 82.1. The fourth-order valence-electron chi connectivity index (χ4n) is 7.73. The fraction of sp³-hybridized carbons (Fsp3) is 0.586. The van der Waals surface area contributed by atoms with Gasteiger partial charge in [0.05, 0.1) is 19.8 Å².